The smallest absolute Gasteiger partial charge is 0.242 e. The van der Waals surface area contributed by atoms with Gasteiger partial charge in [-0.3, -0.25) is 4.79 Å². The summed E-state index contributed by atoms with van der Waals surface area (Å²) in [4.78, 5) is 12.3. The van der Waals surface area contributed by atoms with Gasteiger partial charge in [-0.25, -0.2) is 12.7 Å². The van der Waals surface area contributed by atoms with E-state index < -0.39 is 10.0 Å². The molecule has 1 amide bonds. The zero-order chi connectivity index (χ0) is 19.3. The largest absolute Gasteiger partial charge is 0.352 e. The van der Waals surface area contributed by atoms with Gasteiger partial charge in [0, 0.05) is 37.1 Å². The first-order valence-electron chi connectivity index (χ1n) is 7.93. The number of rotatable bonds is 7. The Morgan fingerprint density at radius 2 is 1.77 bits per heavy atom. The third kappa shape index (κ3) is 5.20. The van der Waals surface area contributed by atoms with Crippen LogP contribution in [-0.4, -0.2) is 32.7 Å². The molecule has 2 aromatic carbocycles. The fraction of sp³-hybridized carbons (Fsp3) is 0.278. The molecule has 0 radical (unpaired) electrons. The lowest BCUT2D eigenvalue weighted by atomic mass is 10.1. The van der Waals surface area contributed by atoms with Crippen LogP contribution in [0.25, 0.3) is 0 Å². The third-order valence-corrected chi connectivity index (χ3v) is 6.35. The van der Waals surface area contributed by atoms with Gasteiger partial charge in [0.2, 0.25) is 15.9 Å². The second kappa shape index (κ2) is 8.86. The van der Waals surface area contributed by atoms with Crippen molar-refractivity contribution in [2.75, 3.05) is 14.1 Å². The summed E-state index contributed by atoms with van der Waals surface area (Å²) in [6.07, 6.45) is 0.712. The molecule has 0 aliphatic rings. The van der Waals surface area contributed by atoms with E-state index in [2.05, 4.69) is 5.32 Å². The van der Waals surface area contributed by atoms with Crippen LogP contribution in [0.2, 0.25) is 10.0 Å². The standard InChI is InChI=1S/C18H20Cl2N2O3S/c1-22(2)26(24,25)17-6-4-3-5-14(17)12-21-18(23)10-8-13-7-9-15(19)11-16(13)20/h3-7,9,11H,8,10,12H2,1-2H3,(H,21,23). The Bertz CT molecular complexity index is 899. The number of amides is 1. The molecule has 0 spiro atoms. The number of hydrogen-bond acceptors (Lipinski definition) is 3. The molecule has 26 heavy (non-hydrogen) atoms. The molecule has 0 aromatic heterocycles. The molecule has 2 aromatic rings. The Kier molecular flexibility index (Phi) is 7.06. The minimum absolute atomic E-state index is 0.135. The Hall–Kier alpha value is -1.60. The van der Waals surface area contributed by atoms with Gasteiger partial charge in [0.05, 0.1) is 4.90 Å². The van der Waals surface area contributed by atoms with Gasteiger partial charge in [0.15, 0.2) is 0 Å². The summed E-state index contributed by atoms with van der Waals surface area (Å²) in [5.41, 5.74) is 1.38. The van der Waals surface area contributed by atoms with E-state index in [1.165, 1.54) is 20.2 Å². The van der Waals surface area contributed by atoms with Crippen LogP contribution in [0, 0.1) is 0 Å². The van der Waals surface area contributed by atoms with E-state index in [0.29, 0.717) is 22.0 Å². The van der Waals surface area contributed by atoms with E-state index in [-0.39, 0.29) is 23.8 Å². The lowest BCUT2D eigenvalue weighted by Crippen LogP contribution is -2.27. The van der Waals surface area contributed by atoms with Crippen LogP contribution in [0.4, 0.5) is 0 Å². The van der Waals surface area contributed by atoms with E-state index in [9.17, 15) is 13.2 Å². The number of carbonyl (C=O) groups excluding carboxylic acids is 1. The zero-order valence-electron chi connectivity index (χ0n) is 14.5. The van der Waals surface area contributed by atoms with E-state index in [1.54, 1.807) is 36.4 Å². The topological polar surface area (TPSA) is 66.5 Å². The lowest BCUT2D eigenvalue weighted by molar-refractivity contribution is -0.121. The first-order chi connectivity index (χ1) is 12.2. The predicted octanol–water partition coefficient (Wildman–Crippen LogP) is 3.49. The average molecular weight is 415 g/mol. The fourth-order valence-corrected chi connectivity index (χ4v) is 3.97. The molecule has 2 rings (SSSR count). The van der Waals surface area contributed by atoms with Gasteiger partial charge in [-0.15, -0.1) is 0 Å². The average Bonchev–Trinajstić information content (AvgIpc) is 2.59. The molecular formula is C18H20Cl2N2O3S. The molecule has 0 aliphatic carbocycles. The Labute approximate surface area is 164 Å². The highest BCUT2D eigenvalue weighted by Gasteiger charge is 2.20. The maximum atomic E-state index is 12.4. The first-order valence-corrected chi connectivity index (χ1v) is 10.1. The molecule has 0 heterocycles. The van der Waals surface area contributed by atoms with Crippen molar-refractivity contribution in [2.45, 2.75) is 24.3 Å². The van der Waals surface area contributed by atoms with Gasteiger partial charge >= 0.3 is 0 Å². The van der Waals surface area contributed by atoms with Gasteiger partial charge in [0.25, 0.3) is 0 Å². The maximum absolute atomic E-state index is 12.4. The molecule has 0 saturated heterocycles. The van der Waals surface area contributed by atoms with Crippen molar-refractivity contribution in [3.8, 4) is 0 Å². The van der Waals surface area contributed by atoms with Crippen LogP contribution >= 0.6 is 23.2 Å². The molecule has 0 saturated carbocycles. The lowest BCUT2D eigenvalue weighted by Gasteiger charge is -2.15. The summed E-state index contributed by atoms with van der Waals surface area (Å²) >= 11 is 12.0. The quantitative estimate of drug-likeness (QED) is 0.753. The van der Waals surface area contributed by atoms with E-state index in [1.807, 2.05) is 0 Å². The highest BCUT2D eigenvalue weighted by molar-refractivity contribution is 7.89. The Balaban J connectivity index is 2.00. The molecule has 0 aliphatic heterocycles. The number of aryl methyl sites for hydroxylation is 1. The highest BCUT2D eigenvalue weighted by atomic mass is 35.5. The van der Waals surface area contributed by atoms with Gasteiger partial charge in [-0.05, 0) is 35.7 Å². The summed E-state index contributed by atoms with van der Waals surface area (Å²) in [7, 11) is -0.623. The molecule has 0 atom stereocenters. The van der Waals surface area contributed by atoms with Crippen molar-refractivity contribution in [1.82, 2.24) is 9.62 Å². The Morgan fingerprint density at radius 1 is 1.08 bits per heavy atom. The number of sulfonamides is 1. The van der Waals surface area contributed by atoms with Gasteiger partial charge in [0.1, 0.15) is 0 Å². The summed E-state index contributed by atoms with van der Waals surface area (Å²) in [6.45, 7) is 0.135. The number of nitrogens with zero attached hydrogens (tertiary/aromatic N) is 1. The van der Waals surface area contributed by atoms with Crippen molar-refractivity contribution in [3.63, 3.8) is 0 Å². The Morgan fingerprint density at radius 3 is 2.42 bits per heavy atom. The van der Waals surface area contributed by atoms with E-state index in [0.717, 1.165) is 9.87 Å². The van der Waals surface area contributed by atoms with Crippen molar-refractivity contribution in [3.05, 3.63) is 63.6 Å². The minimum Gasteiger partial charge on any atom is -0.352 e. The van der Waals surface area contributed by atoms with Crippen LogP contribution in [0.3, 0.4) is 0 Å². The van der Waals surface area contributed by atoms with Crippen molar-refractivity contribution in [2.24, 2.45) is 0 Å². The van der Waals surface area contributed by atoms with Crippen LogP contribution in [-0.2, 0) is 27.8 Å². The van der Waals surface area contributed by atoms with Crippen molar-refractivity contribution < 1.29 is 13.2 Å². The fourth-order valence-electron chi connectivity index (χ4n) is 2.35. The van der Waals surface area contributed by atoms with E-state index >= 15 is 0 Å². The van der Waals surface area contributed by atoms with Gasteiger partial charge in [-0.1, -0.05) is 47.5 Å². The number of nitrogens with one attached hydrogen (secondary N) is 1. The molecule has 0 fully saturated rings. The molecule has 0 unspecified atom stereocenters. The van der Waals surface area contributed by atoms with Crippen LogP contribution in [0.5, 0.6) is 0 Å². The number of hydrogen-bond donors (Lipinski definition) is 1. The molecule has 0 bridgehead atoms. The molecular weight excluding hydrogens is 395 g/mol. The second-order valence-electron chi connectivity index (χ2n) is 5.91. The monoisotopic (exact) mass is 414 g/mol. The van der Waals surface area contributed by atoms with Crippen LogP contribution in [0.15, 0.2) is 47.4 Å². The summed E-state index contributed by atoms with van der Waals surface area (Å²) < 4.78 is 25.9. The first kappa shape index (κ1) is 20.7. The normalized spacial score (nSPS) is 11.6. The number of benzene rings is 2. The zero-order valence-corrected chi connectivity index (χ0v) is 16.8. The highest BCUT2D eigenvalue weighted by Crippen LogP contribution is 2.22. The van der Waals surface area contributed by atoms with Gasteiger partial charge < -0.3 is 5.32 Å². The van der Waals surface area contributed by atoms with Crippen LogP contribution in [0.1, 0.15) is 17.5 Å². The van der Waals surface area contributed by atoms with Crippen molar-refractivity contribution in [1.29, 1.82) is 0 Å². The summed E-state index contributed by atoms with van der Waals surface area (Å²) in [6, 6.07) is 11.8. The van der Waals surface area contributed by atoms with Crippen molar-refractivity contribution >= 4 is 39.1 Å². The summed E-state index contributed by atoms with van der Waals surface area (Å²) in [5.74, 6) is -0.187. The summed E-state index contributed by atoms with van der Waals surface area (Å²) in [5, 5.41) is 3.82. The SMILES string of the molecule is CN(C)S(=O)(=O)c1ccccc1CNC(=O)CCc1ccc(Cl)cc1Cl. The minimum atomic E-state index is -3.57. The second-order valence-corrected chi connectivity index (χ2v) is 8.87. The molecule has 1 N–H and O–H groups in total. The molecule has 5 nitrogen and oxygen atoms in total. The number of carbonyl (C=O) groups is 1. The maximum Gasteiger partial charge on any atom is 0.242 e. The predicted molar refractivity (Wildman–Crippen MR) is 104 cm³/mol. The van der Waals surface area contributed by atoms with Crippen LogP contribution < -0.4 is 5.32 Å². The van der Waals surface area contributed by atoms with Gasteiger partial charge in [-0.2, -0.15) is 0 Å². The third-order valence-electron chi connectivity index (χ3n) is 3.84. The molecule has 8 heteroatoms. The molecule has 140 valence electrons. The van der Waals surface area contributed by atoms with E-state index in [4.69, 9.17) is 23.2 Å². The number of halogens is 2.